The van der Waals surface area contributed by atoms with E-state index in [1.165, 1.54) is 11.1 Å². The summed E-state index contributed by atoms with van der Waals surface area (Å²) in [6.07, 6.45) is 7.27. The Morgan fingerprint density at radius 2 is 1.87 bits per heavy atom. The molecule has 4 aromatic rings. The minimum Gasteiger partial charge on any atom is -0.490 e. The standard InChI is InChI=1S/C30H28Br2IN3O3/c1-2-38-27-15-19(14-25(33)28(27)39-18-21-12-13-22(31)16-24(21)32)17-34-36-29(20-8-4-3-5-9-20)35-26-11-7-6-10-23(26)30(36)37/h6-7,10-17,20H,2-5,8-9,18H2,1H3. The van der Waals surface area contributed by atoms with Crippen molar-refractivity contribution in [2.75, 3.05) is 6.61 Å². The van der Waals surface area contributed by atoms with Crippen molar-refractivity contribution in [3.63, 3.8) is 0 Å². The Morgan fingerprint density at radius 1 is 1.08 bits per heavy atom. The zero-order chi connectivity index (χ0) is 27.4. The number of ether oxygens (including phenoxy) is 2. The van der Waals surface area contributed by atoms with Gasteiger partial charge in [-0.25, -0.2) is 4.98 Å². The monoisotopic (exact) mass is 763 g/mol. The van der Waals surface area contributed by atoms with Crippen LogP contribution in [0.15, 0.2) is 73.4 Å². The van der Waals surface area contributed by atoms with Crippen molar-refractivity contribution in [3.05, 3.63) is 94.4 Å². The molecule has 0 spiro atoms. The molecule has 39 heavy (non-hydrogen) atoms. The number of aromatic nitrogens is 2. The van der Waals surface area contributed by atoms with Crippen LogP contribution in [0.3, 0.4) is 0 Å². The average molecular weight is 765 g/mol. The summed E-state index contributed by atoms with van der Waals surface area (Å²) in [5.74, 6) is 2.28. The summed E-state index contributed by atoms with van der Waals surface area (Å²) in [6, 6.07) is 17.4. The summed E-state index contributed by atoms with van der Waals surface area (Å²) in [4.78, 5) is 18.4. The van der Waals surface area contributed by atoms with Gasteiger partial charge in [-0.1, -0.05) is 69.3 Å². The van der Waals surface area contributed by atoms with Crippen molar-refractivity contribution < 1.29 is 9.47 Å². The Kier molecular flexibility index (Phi) is 9.40. The van der Waals surface area contributed by atoms with E-state index < -0.39 is 0 Å². The van der Waals surface area contributed by atoms with E-state index in [4.69, 9.17) is 19.6 Å². The van der Waals surface area contributed by atoms with Crippen molar-refractivity contribution in [1.82, 2.24) is 9.66 Å². The minimum absolute atomic E-state index is 0.141. The third-order valence-corrected chi connectivity index (χ3v) is 8.82. The molecule has 1 saturated carbocycles. The van der Waals surface area contributed by atoms with E-state index in [1.54, 1.807) is 6.21 Å². The fourth-order valence-electron chi connectivity index (χ4n) is 4.86. The van der Waals surface area contributed by atoms with Gasteiger partial charge in [0.15, 0.2) is 11.5 Å². The number of nitrogens with zero attached hydrogens (tertiary/aromatic N) is 3. The van der Waals surface area contributed by atoms with E-state index in [-0.39, 0.29) is 11.5 Å². The number of fused-ring (bicyclic) bond motifs is 1. The molecule has 0 aliphatic heterocycles. The Morgan fingerprint density at radius 3 is 2.64 bits per heavy atom. The first-order valence-electron chi connectivity index (χ1n) is 13.0. The number of benzene rings is 3. The molecule has 0 saturated heterocycles. The second-order valence-corrected chi connectivity index (χ2v) is 12.4. The second kappa shape index (κ2) is 13.0. The zero-order valence-electron chi connectivity index (χ0n) is 21.5. The smallest absolute Gasteiger partial charge is 0.282 e. The molecular weight excluding hydrogens is 737 g/mol. The summed E-state index contributed by atoms with van der Waals surface area (Å²) >= 11 is 9.35. The number of rotatable bonds is 8. The molecule has 0 amide bonds. The van der Waals surface area contributed by atoms with Crippen LogP contribution in [-0.4, -0.2) is 22.5 Å². The summed E-state index contributed by atoms with van der Waals surface area (Å²) in [7, 11) is 0. The maximum Gasteiger partial charge on any atom is 0.282 e. The molecule has 1 aliphatic rings. The minimum atomic E-state index is -0.141. The summed E-state index contributed by atoms with van der Waals surface area (Å²) in [5.41, 5.74) is 2.42. The van der Waals surface area contributed by atoms with Crippen LogP contribution in [-0.2, 0) is 6.61 Å². The van der Waals surface area contributed by atoms with Gasteiger partial charge in [0.05, 0.1) is 27.3 Å². The van der Waals surface area contributed by atoms with Crippen LogP contribution < -0.4 is 15.0 Å². The van der Waals surface area contributed by atoms with Crippen LogP contribution in [0.2, 0.25) is 0 Å². The van der Waals surface area contributed by atoms with Gasteiger partial charge < -0.3 is 9.47 Å². The van der Waals surface area contributed by atoms with Gasteiger partial charge in [0, 0.05) is 20.4 Å². The first-order chi connectivity index (χ1) is 18.9. The van der Waals surface area contributed by atoms with Crippen molar-refractivity contribution >= 4 is 71.6 Å². The normalized spacial score (nSPS) is 14.3. The van der Waals surface area contributed by atoms with Crippen LogP contribution in [0.4, 0.5) is 0 Å². The van der Waals surface area contributed by atoms with Gasteiger partial charge in [0.1, 0.15) is 12.4 Å². The van der Waals surface area contributed by atoms with E-state index in [2.05, 4.69) is 54.5 Å². The van der Waals surface area contributed by atoms with Gasteiger partial charge >= 0.3 is 0 Å². The molecule has 202 valence electrons. The second-order valence-electron chi connectivity index (χ2n) is 9.47. The first kappa shape index (κ1) is 28.3. The molecule has 9 heteroatoms. The zero-order valence-corrected chi connectivity index (χ0v) is 26.8. The molecule has 0 radical (unpaired) electrons. The van der Waals surface area contributed by atoms with Crippen LogP contribution in [0.25, 0.3) is 10.9 Å². The quantitative estimate of drug-likeness (QED) is 0.134. The predicted octanol–water partition coefficient (Wildman–Crippen LogP) is 8.43. The Bertz CT molecular complexity index is 1580. The third-order valence-electron chi connectivity index (χ3n) is 6.79. The van der Waals surface area contributed by atoms with Crippen LogP contribution in [0.1, 0.15) is 61.9 Å². The van der Waals surface area contributed by atoms with Gasteiger partial charge in [-0.2, -0.15) is 9.78 Å². The highest BCUT2D eigenvalue weighted by Gasteiger charge is 2.22. The Balaban J connectivity index is 1.49. The number of hydrogen-bond donors (Lipinski definition) is 0. The number of hydrogen-bond acceptors (Lipinski definition) is 5. The molecule has 1 aliphatic carbocycles. The van der Waals surface area contributed by atoms with E-state index in [1.807, 2.05) is 61.5 Å². The molecular formula is C30H28Br2IN3O3. The molecule has 1 heterocycles. The Hall–Kier alpha value is -2.24. The summed E-state index contributed by atoms with van der Waals surface area (Å²) in [6.45, 7) is 2.83. The SMILES string of the molecule is CCOc1cc(C=Nn2c(C3CCCCC3)nc3ccccc3c2=O)cc(I)c1OCc1ccc(Br)cc1Br. The van der Waals surface area contributed by atoms with Crippen molar-refractivity contribution in [2.24, 2.45) is 5.10 Å². The third kappa shape index (κ3) is 6.57. The lowest BCUT2D eigenvalue weighted by atomic mass is 9.88. The van der Waals surface area contributed by atoms with E-state index in [0.717, 1.165) is 60.7 Å². The largest absolute Gasteiger partial charge is 0.490 e. The molecule has 0 unspecified atom stereocenters. The van der Waals surface area contributed by atoms with Gasteiger partial charge in [-0.15, -0.1) is 0 Å². The maximum absolute atomic E-state index is 13.5. The lowest BCUT2D eigenvalue weighted by molar-refractivity contribution is 0.267. The average Bonchev–Trinajstić information content (AvgIpc) is 2.93. The molecule has 6 nitrogen and oxygen atoms in total. The van der Waals surface area contributed by atoms with E-state index >= 15 is 0 Å². The predicted molar refractivity (Wildman–Crippen MR) is 171 cm³/mol. The van der Waals surface area contributed by atoms with Crippen molar-refractivity contribution in [2.45, 2.75) is 51.6 Å². The Labute approximate surface area is 258 Å². The lowest BCUT2D eigenvalue weighted by Crippen LogP contribution is -2.25. The fraction of sp³-hybridized carbons (Fsp3) is 0.300. The molecule has 0 bridgehead atoms. The lowest BCUT2D eigenvalue weighted by Gasteiger charge is -2.22. The molecule has 3 aromatic carbocycles. The topological polar surface area (TPSA) is 65.7 Å². The summed E-state index contributed by atoms with van der Waals surface area (Å²) < 4.78 is 16.5. The molecule has 0 N–H and O–H groups in total. The van der Waals surface area contributed by atoms with Gasteiger partial charge in [-0.05, 0) is 84.3 Å². The highest BCUT2D eigenvalue weighted by atomic mass is 127. The van der Waals surface area contributed by atoms with Crippen molar-refractivity contribution in [3.8, 4) is 11.5 Å². The van der Waals surface area contributed by atoms with Crippen molar-refractivity contribution in [1.29, 1.82) is 0 Å². The summed E-state index contributed by atoms with van der Waals surface area (Å²) in [5, 5.41) is 5.26. The number of halogens is 3. The highest BCUT2D eigenvalue weighted by molar-refractivity contribution is 14.1. The molecule has 5 rings (SSSR count). The molecule has 1 fully saturated rings. The highest BCUT2D eigenvalue weighted by Crippen LogP contribution is 2.36. The van der Waals surface area contributed by atoms with E-state index in [0.29, 0.717) is 30.1 Å². The van der Waals surface area contributed by atoms with Crippen LogP contribution in [0.5, 0.6) is 11.5 Å². The number of para-hydroxylation sites is 1. The van der Waals surface area contributed by atoms with Crippen LogP contribution in [0, 0.1) is 3.57 Å². The first-order valence-corrected chi connectivity index (χ1v) is 15.7. The fourth-order valence-corrected chi connectivity index (χ4v) is 6.80. The van der Waals surface area contributed by atoms with Gasteiger partial charge in [-0.3, -0.25) is 4.79 Å². The molecule has 0 atom stereocenters. The van der Waals surface area contributed by atoms with E-state index in [9.17, 15) is 4.79 Å². The molecule has 1 aromatic heterocycles. The van der Waals surface area contributed by atoms with Gasteiger partial charge in [0.25, 0.3) is 5.56 Å². The van der Waals surface area contributed by atoms with Crippen LogP contribution >= 0.6 is 54.5 Å². The maximum atomic E-state index is 13.5. The van der Waals surface area contributed by atoms with Gasteiger partial charge in [0.2, 0.25) is 0 Å².